The van der Waals surface area contributed by atoms with Crippen molar-refractivity contribution < 1.29 is 33.3 Å². The molecule has 11 nitrogen and oxygen atoms in total. The van der Waals surface area contributed by atoms with Crippen molar-refractivity contribution in [3.63, 3.8) is 0 Å². The number of nitrogens with zero attached hydrogens (tertiary/aromatic N) is 2. The number of ether oxygens (including phenoxy) is 4. The lowest BCUT2D eigenvalue weighted by Crippen LogP contribution is -2.65. The zero-order chi connectivity index (χ0) is 29.0. The molecule has 2 amide bonds. The predicted molar refractivity (Wildman–Crippen MR) is 148 cm³/mol. The Bertz CT molecular complexity index is 1080. The Kier molecular flexibility index (Phi) is 9.12. The molecule has 1 aromatic heterocycles. The number of amides is 2. The van der Waals surface area contributed by atoms with Gasteiger partial charge in [0.05, 0.1) is 37.2 Å². The second kappa shape index (κ2) is 12.2. The van der Waals surface area contributed by atoms with Gasteiger partial charge in [0.15, 0.2) is 0 Å². The van der Waals surface area contributed by atoms with Crippen molar-refractivity contribution >= 4 is 23.8 Å². The summed E-state index contributed by atoms with van der Waals surface area (Å²) in [4.78, 5) is 43.6. The van der Waals surface area contributed by atoms with Crippen LogP contribution in [-0.2, 0) is 36.6 Å². The van der Waals surface area contributed by atoms with Gasteiger partial charge in [0.2, 0.25) is 0 Å². The van der Waals surface area contributed by atoms with Crippen LogP contribution in [0.4, 0.5) is 15.3 Å². The average Bonchev–Trinajstić information content (AvgIpc) is 2.85. The molecule has 1 atom stereocenters. The third kappa shape index (κ3) is 7.77. The summed E-state index contributed by atoms with van der Waals surface area (Å²) in [5.41, 5.74) is 1.64. The van der Waals surface area contributed by atoms with E-state index in [4.69, 9.17) is 23.9 Å². The summed E-state index contributed by atoms with van der Waals surface area (Å²) in [6.45, 7) is 8.82. The highest BCUT2D eigenvalue weighted by molar-refractivity contribution is 5.81. The Hall–Kier alpha value is -3.08. The molecular formula is C29H44N4O7. The Labute approximate surface area is 236 Å². The van der Waals surface area contributed by atoms with Crippen molar-refractivity contribution in [2.24, 2.45) is 0 Å². The first kappa shape index (κ1) is 29.9. The molecule has 2 aliphatic heterocycles. The molecule has 1 saturated heterocycles. The van der Waals surface area contributed by atoms with Gasteiger partial charge in [-0.25, -0.2) is 14.4 Å². The van der Waals surface area contributed by atoms with Crippen LogP contribution in [0.2, 0.25) is 0 Å². The van der Waals surface area contributed by atoms with Gasteiger partial charge in [-0.05, 0) is 84.8 Å². The number of hydrogen-bond donors (Lipinski definition) is 2. The number of nitrogens with one attached hydrogen (secondary N) is 2. The van der Waals surface area contributed by atoms with Gasteiger partial charge in [0.1, 0.15) is 17.2 Å². The fourth-order valence-electron chi connectivity index (χ4n) is 5.37. The molecule has 0 spiro atoms. The minimum atomic E-state index is -0.907. The van der Waals surface area contributed by atoms with Crippen molar-refractivity contribution in [3.8, 4) is 0 Å². The molecule has 1 aliphatic carbocycles. The lowest BCUT2D eigenvalue weighted by atomic mass is 9.76. The lowest BCUT2D eigenvalue weighted by Gasteiger charge is -2.46. The van der Waals surface area contributed by atoms with Gasteiger partial charge in [-0.15, -0.1) is 0 Å². The molecule has 2 N–H and O–H groups in total. The predicted octanol–water partition coefficient (Wildman–Crippen LogP) is 3.98. The number of rotatable bonds is 10. The van der Waals surface area contributed by atoms with E-state index >= 15 is 0 Å². The van der Waals surface area contributed by atoms with Crippen LogP contribution >= 0.6 is 0 Å². The zero-order valence-electron chi connectivity index (χ0n) is 24.5. The molecule has 222 valence electrons. The largest absolute Gasteiger partial charge is 0.467 e. The third-order valence-electron chi connectivity index (χ3n) is 7.67. The molecule has 1 saturated carbocycles. The van der Waals surface area contributed by atoms with Crippen molar-refractivity contribution in [1.29, 1.82) is 0 Å². The summed E-state index contributed by atoms with van der Waals surface area (Å²) in [7, 11) is 1.28. The summed E-state index contributed by atoms with van der Waals surface area (Å²) < 4.78 is 22.1. The summed E-state index contributed by atoms with van der Waals surface area (Å²) in [5, 5.41) is 6.02. The van der Waals surface area contributed by atoms with Crippen molar-refractivity contribution in [1.82, 2.24) is 15.2 Å². The van der Waals surface area contributed by atoms with Crippen molar-refractivity contribution in [3.05, 3.63) is 23.5 Å². The first-order valence-electron chi connectivity index (χ1n) is 14.3. The van der Waals surface area contributed by atoms with E-state index in [1.54, 1.807) is 27.7 Å². The fourth-order valence-corrected chi connectivity index (χ4v) is 5.37. The van der Waals surface area contributed by atoms with Crippen LogP contribution in [0.3, 0.4) is 0 Å². The highest BCUT2D eigenvalue weighted by Gasteiger charge is 2.46. The fraction of sp³-hybridized carbons (Fsp3) is 0.724. The highest BCUT2D eigenvalue weighted by Crippen LogP contribution is 2.40. The number of carbonyl (C=O) groups excluding carboxylic acids is 3. The first-order chi connectivity index (χ1) is 18.9. The quantitative estimate of drug-likeness (QED) is 0.323. The van der Waals surface area contributed by atoms with Gasteiger partial charge in [-0.1, -0.05) is 0 Å². The minimum absolute atomic E-state index is 0.208. The molecular weight excluding hydrogens is 516 g/mol. The molecule has 40 heavy (non-hydrogen) atoms. The van der Waals surface area contributed by atoms with Crippen LogP contribution in [0.1, 0.15) is 77.6 Å². The third-order valence-corrected chi connectivity index (χ3v) is 7.67. The van der Waals surface area contributed by atoms with Crippen LogP contribution in [0.5, 0.6) is 0 Å². The second-order valence-electron chi connectivity index (χ2n) is 12.4. The van der Waals surface area contributed by atoms with Gasteiger partial charge < -0.3 is 34.5 Å². The van der Waals surface area contributed by atoms with Gasteiger partial charge in [-0.2, -0.15) is 0 Å². The standard InChI is InChI=1S/C29H44N4O7/c1-27(2,3)40-26(36)33-18-28(4,19-33)39-25(35)32-23(24(34)37-5)12-17-38-29(13-7-14-29)15-11-20-9-10-21-22(31-20)8-6-16-30-21/h9-10,23,30H,6-8,11-19H2,1-5H3,(H,32,35). The van der Waals surface area contributed by atoms with E-state index in [0.717, 1.165) is 68.6 Å². The molecule has 1 aromatic rings. The van der Waals surface area contributed by atoms with E-state index in [9.17, 15) is 14.4 Å². The Morgan fingerprint density at radius 2 is 1.93 bits per heavy atom. The molecule has 1 unspecified atom stereocenters. The summed E-state index contributed by atoms with van der Waals surface area (Å²) >= 11 is 0. The molecule has 4 rings (SSSR count). The number of carbonyl (C=O) groups is 3. The van der Waals surface area contributed by atoms with E-state index in [1.807, 2.05) is 0 Å². The van der Waals surface area contributed by atoms with Gasteiger partial charge in [0.25, 0.3) is 0 Å². The minimum Gasteiger partial charge on any atom is -0.467 e. The van der Waals surface area contributed by atoms with E-state index < -0.39 is 35.4 Å². The Balaban J connectivity index is 1.23. The summed E-state index contributed by atoms with van der Waals surface area (Å²) in [6.07, 6.45) is 5.88. The maximum atomic E-state index is 12.6. The highest BCUT2D eigenvalue weighted by atomic mass is 16.6. The lowest BCUT2D eigenvalue weighted by molar-refractivity contribution is -0.146. The molecule has 2 fully saturated rings. The topological polar surface area (TPSA) is 128 Å². The van der Waals surface area contributed by atoms with Crippen molar-refractivity contribution in [2.45, 2.75) is 102 Å². The molecule has 0 bridgehead atoms. The Morgan fingerprint density at radius 1 is 1.18 bits per heavy atom. The van der Waals surface area contributed by atoms with Crippen LogP contribution in [0, 0.1) is 0 Å². The van der Waals surface area contributed by atoms with E-state index in [0.29, 0.717) is 6.61 Å². The Morgan fingerprint density at radius 3 is 2.58 bits per heavy atom. The van der Waals surface area contributed by atoms with Crippen LogP contribution < -0.4 is 10.6 Å². The van der Waals surface area contributed by atoms with E-state index in [2.05, 4.69) is 22.8 Å². The van der Waals surface area contributed by atoms with E-state index in [-0.39, 0.29) is 25.1 Å². The van der Waals surface area contributed by atoms with Gasteiger partial charge in [-0.3, -0.25) is 4.98 Å². The maximum Gasteiger partial charge on any atom is 0.410 e. The summed E-state index contributed by atoms with van der Waals surface area (Å²) in [6, 6.07) is 3.30. The number of hydrogen-bond acceptors (Lipinski definition) is 9. The average molecular weight is 561 g/mol. The number of alkyl carbamates (subject to hydrolysis) is 1. The van der Waals surface area contributed by atoms with Crippen LogP contribution in [-0.4, -0.2) is 84.2 Å². The second-order valence-corrected chi connectivity index (χ2v) is 12.4. The summed E-state index contributed by atoms with van der Waals surface area (Å²) in [5.74, 6) is -0.566. The zero-order valence-corrected chi connectivity index (χ0v) is 24.5. The number of anilines is 1. The molecule has 3 aliphatic rings. The normalized spacial score (nSPS) is 19.6. The number of pyridine rings is 1. The number of fused-ring (bicyclic) bond motifs is 1. The number of aryl methyl sites for hydroxylation is 2. The number of aromatic nitrogens is 1. The number of methoxy groups -OCH3 is 1. The molecule has 0 radical (unpaired) electrons. The maximum absolute atomic E-state index is 12.6. The van der Waals surface area contributed by atoms with Crippen LogP contribution in [0.25, 0.3) is 0 Å². The first-order valence-corrected chi connectivity index (χ1v) is 14.3. The van der Waals surface area contributed by atoms with Crippen molar-refractivity contribution in [2.75, 3.05) is 38.7 Å². The van der Waals surface area contributed by atoms with E-state index in [1.165, 1.54) is 12.0 Å². The van der Waals surface area contributed by atoms with Crippen LogP contribution in [0.15, 0.2) is 12.1 Å². The molecule has 3 heterocycles. The number of esters is 1. The molecule has 0 aromatic carbocycles. The smallest absolute Gasteiger partial charge is 0.410 e. The molecule has 11 heteroatoms. The van der Waals surface area contributed by atoms with Gasteiger partial charge >= 0.3 is 18.2 Å². The number of likely N-dealkylation sites (tertiary alicyclic amines) is 1. The monoisotopic (exact) mass is 560 g/mol. The van der Waals surface area contributed by atoms with Gasteiger partial charge in [0, 0.05) is 25.3 Å². The SMILES string of the molecule is COC(=O)C(CCOC1(CCc2ccc3c(n2)CCCN3)CCC1)NC(=O)OC1(C)CN(C(=O)OC(C)(C)C)C1.